The number of esters is 1. The maximum Gasteiger partial charge on any atom is 0.338 e. The summed E-state index contributed by atoms with van der Waals surface area (Å²) in [6, 6.07) is 18.3. The van der Waals surface area contributed by atoms with Gasteiger partial charge in [0, 0.05) is 6.04 Å². The second-order valence-electron chi connectivity index (χ2n) is 9.61. The molecule has 4 aromatic rings. The Bertz CT molecular complexity index is 1330. The molecule has 1 aromatic heterocycles. The number of carboxylic acids is 1. The van der Waals surface area contributed by atoms with Crippen molar-refractivity contribution < 1.29 is 23.8 Å². The zero-order valence-electron chi connectivity index (χ0n) is 19.6. The molecular formula is C28H29NO5. The highest BCUT2D eigenvalue weighted by atomic mass is 16.6. The van der Waals surface area contributed by atoms with Crippen molar-refractivity contribution in [1.29, 1.82) is 0 Å². The van der Waals surface area contributed by atoms with Crippen LogP contribution in [0.2, 0.25) is 0 Å². The largest absolute Gasteiger partial charge is 0.478 e. The van der Waals surface area contributed by atoms with E-state index >= 15 is 0 Å². The third kappa shape index (κ3) is 4.97. The molecule has 0 fully saturated rings. The lowest BCUT2D eigenvalue weighted by Gasteiger charge is -2.31. The monoisotopic (exact) mass is 459 g/mol. The zero-order valence-corrected chi connectivity index (χ0v) is 19.6. The van der Waals surface area contributed by atoms with Crippen molar-refractivity contribution >= 4 is 33.5 Å². The maximum atomic E-state index is 12.6. The van der Waals surface area contributed by atoms with Gasteiger partial charge in [0.05, 0.1) is 17.7 Å². The molecule has 3 N–H and O–H groups in total. The minimum atomic E-state index is -0.959. The fourth-order valence-corrected chi connectivity index (χ4v) is 4.46. The van der Waals surface area contributed by atoms with Gasteiger partial charge in [0.2, 0.25) is 0 Å². The fraction of sp³-hybridized carbons (Fsp3) is 0.286. The normalized spacial score (nSPS) is 17.5. The maximum absolute atomic E-state index is 12.6. The molecule has 0 spiro atoms. The number of furan rings is 1. The van der Waals surface area contributed by atoms with E-state index in [2.05, 4.69) is 52.9 Å². The van der Waals surface area contributed by atoms with Gasteiger partial charge in [-0.3, -0.25) is 4.79 Å². The van der Waals surface area contributed by atoms with E-state index in [4.69, 9.17) is 15.6 Å². The third-order valence-electron chi connectivity index (χ3n) is 5.97. The predicted octanol–water partition coefficient (Wildman–Crippen LogP) is 5.87. The molecule has 6 heteroatoms. The van der Waals surface area contributed by atoms with Crippen LogP contribution in [0.4, 0.5) is 0 Å². The predicted molar refractivity (Wildman–Crippen MR) is 132 cm³/mol. The lowest BCUT2D eigenvalue weighted by atomic mass is 9.78. The molecule has 0 saturated heterocycles. The van der Waals surface area contributed by atoms with E-state index in [9.17, 15) is 9.59 Å². The summed E-state index contributed by atoms with van der Waals surface area (Å²) in [6.45, 7) is 5.72. The van der Waals surface area contributed by atoms with Crippen LogP contribution in [0.15, 0.2) is 71.5 Å². The summed E-state index contributed by atoms with van der Waals surface area (Å²) < 4.78 is 10.1. The summed E-state index contributed by atoms with van der Waals surface area (Å²) in [4.78, 5) is 22.6. The Kier molecular flexibility index (Phi) is 6.44. The third-order valence-corrected chi connectivity index (χ3v) is 5.97. The molecule has 1 aliphatic rings. The molecule has 0 radical (unpaired) electrons. The number of carboxylic acid groups (broad SMARTS) is 1. The van der Waals surface area contributed by atoms with E-state index in [0.29, 0.717) is 12.8 Å². The Hall–Kier alpha value is -3.64. The Morgan fingerprint density at radius 1 is 1.00 bits per heavy atom. The molecule has 176 valence electrons. The number of aromatic carboxylic acids is 1. The summed E-state index contributed by atoms with van der Waals surface area (Å²) in [7, 11) is 0. The highest BCUT2D eigenvalue weighted by molar-refractivity contribution is 6.08. The summed E-state index contributed by atoms with van der Waals surface area (Å²) in [5.41, 5.74) is 8.50. The molecule has 2 unspecified atom stereocenters. The van der Waals surface area contributed by atoms with Crippen LogP contribution in [0, 0.1) is 5.92 Å². The summed E-state index contributed by atoms with van der Waals surface area (Å²) >= 11 is 0. The second kappa shape index (κ2) is 9.31. The van der Waals surface area contributed by atoms with Gasteiger partial charge in [-0.1, -0.05) is 48.5 Å². The molecule has 0 amide bonds. The van der Waals surface area contributed by atoms with Gasteiger partial charge in [0.25, 0.3) is 0 Å². The number of benzene rings is 3. The van der Waals surface area contributed by atoms with Crippen LogP contribution in [0.1, 0.15) is 54.7 Å². The van der Waals surface area contributed by atoms with Crippen molar-refractivity contribution in [3.8, 4) is 0 Å². The Morgan fingerprint density at radius 3 is 2.38 bits per heavy atom. The minimum absolute atomic E-state index is 0.132. The molecule has 6 nitrogen and oxygen atoms in total. The quantitative estimate of drug-likeness (QED) is 0.287. The Balaban J connectivity index is 0.000000291. The van der Waals surface area contributed by atoms with Crippen molar-refractivity contribution in [2.75, 3.05) is 0 Å². The van der Waals surface area contributed by atoms with Gasteiger partial charge in [0.15, 0.2) is 0 Å². The first-order chi connectivity index (χ1) is 16.1. The van der Waals surface area contributed by atoms with Gasteiger partial charge in [-0.25, -0.2) is 4.79 Å². The first kappa shape index (κ1) is 23.5. The molecule has 34 heavy (non-hydrogen) atoms. The van der Waals surface area contributed by atoms with Crippen LogP contribution in [-0.4, -0.2) is 22.6 Å². The summed E-state index contributed by atoms with van der Waals surface area (Å²) in [6.07, 6.45) is 3.83. The van der Waals surface area contributed by atoms with Crippen molar-refractivity contribution in [3.05, 3.63) is 83.8 Å². The van der Waals surface area contributed by atoms with Crippen LogP contribution >= 0.6 is 0 Å². The lowest BCUT2D eigenvalue weighted by Crippen LogP contribution is -2.34. The van der Waals surface area contributed by atoms with Crippen molar-refractivity contribution in [2.24, 2.45) is 11.7 Å². The molecular weight excluding hydrogens is 430 g/mol. The number of ether oxygens (including phenoxy) is 1. The average molecular weight is 460 g/mol. The smallest absolute Gasteiger partial charge is 0.338 e. The fourth-order valence-electron chi connectivity index (χ4n) is 4.46. The highest BCUT2D eigenvalue weighted by Gasteiger charge is 2.33. The topological polar surface area (TPSA) is 103 Å². The van der Waals surface area contributed by atoms with Gasteiger partial charge >= 0.3 is 11.9 Å². The van der Waals surface area contributed by atoms with E-state index in [1.54, 1.807) is 0 Å². The van der Waals surface area contributed by atoms with E-state index in [1.807, 2.05) is 20.8 Å². The van der Waals surface area contributed by atoms with Gasteiger partial charge in [-0.2, -0.15) is 0 Å². The van der Waals surface area contributed by atoms with Gasteiger partial charge < -0.3 is 20.0 Å². The molecule has 3 aromatic carbocycles. The van der Waals surface area contributed by atoms with Crippen molar-refractivity contribution in [3.63, 3.8) is 0 Å². The summed E-state index contributed by atoms with van der Waals surface area (Å²) in [5, 5.41) is 13.1. The Labute approximate surface area is 198 Å². The molecule has 0 aliphatic heterocycles. The van der Waals surface area contributed by atoms with Crippen LogP contribution in [0.5, 0.6) is 0 Å². The van der Waals surface area contributed by atoms with Gasteiger partial charge in [0.1, 0.15) is 11.9 Å². The number of carbonyl (C=O) groups is 2. The molecule has 0 saturated carbocycles. The number of rotatable bonds is 2. The van der Waals surface area contributed by atoms with Crippen molar-refractivity contribution in [1.82, 2.24) is 0 Å². The average Bonchev–Trinajstić information content (AvgIpc) is 3.33. The minimum Gasteiger partial charge on any atom is -0.478 e. The SMILES string of the molecule is CC(C)(C)OC(=O)C1Cc2c(ccc3c2ccc2ccccc23)C(N)C1.O=C(O)c1ccoc1. The molecule has 5 rings (SSSR count). The molecule has 2 atom stereocenters. The molecule has 1 aliphatic carbocycles. The van der Waals surface area contributed by atoms with Crippen LogP contribution in [0.3, 0.4) is 0 Å². The second-order valence-corrected chi connectivity index (χ2v) is 9.61. The summed E-state index contributed by atoms with van der Waals surface area (Å²) in [5.74, 6) is -1.29. The van der Waals surface area contributed by atoms with Gasteiger partial charge in [-0.05, 0) is 72.4 Å². The van der Waals surface area contributed by atoms with E-state index < -0.39 is 11.6 Å². The number of hydrogen-bond donors (Lipinski definition) is 2. The van der Waals surface area contributed by atoms with Gasteiger partial charge in [-0.15, -0.1) is 0 Å². The van der Waals surface area contributed by atoms with Crippen LogP contribution in [-0.2, 0) is 16.0 Å². The standard InChI is InChI=1S/C23H25NO2.C5H4O3/c1-23(2,3)26-22(25)15-12-20-18-9-8-14-6-4-5-7-16(14)17(18)10-11-19(20)21(24)13-15;6-5(7)4-1-2-8-3-4/h4-11,15,21H,12-13,24H2,1-3H3;1-3H,(H,6,7). The molecule has 1 heterocycles. The first-order valence-corrected chi connectivity index (χ1v) is 11.3. The van der Waals surface area contributed by atoms with E-state index in [1.165, 1.54) is 45.7 Å². The van der Waals surface area contributed by atoms with Crippen LogP contribution < -0.4 is 5.73 Å². The number of fused-ring (bicyclic) bond motifs is 5. The number of carbonyl (C=O) groups excluding carboxylic acids is 1. The van der Waals surface area contributed by atoms with E-state index in [-0.39, 0.29) is 23.5 Å². The first-order valence-electron chi connectivity index (χ1n) is 11.3. The molecule has 0 bridgehead atoms. The van der Waals surface area contributed by atoms with Crippen LogP contribution in [0.25, 0.3) is 21.5 Å². The van der Waals surface area contributed by atoms with Crippen molar-refractivity contribution in [2.45, 2.75) is 45.3 Å². The Morgan fingerprint density at radius 2 is 1.74 bits per heavy atom. The number of hydrogen-bond acceptors (Lipinski definition) is 5. The highest BCUT2D eigenvalue weighted by Crippen LogP contribution is 2.39. The zero-order chi connectivity index (χ0) is 24.5. The number of nitrogens with two attached hydrogens (primary N) is 1. The lowest BCUT2D eigenvalue weighted by molar-refractivity contribution is -0.160. The van der Waals surface area contributed by atoms with E-state index in [0.717, 1.165) is 5.56 Å².